The fourth-order valence-electron chi connectivity index (χ4n) is 4.02. The summed E-state index contributed by atoms with van der Waals surface area (Å²) < 4.78 is 28.4. The van der Waals surface area contributed by atoms with Crippen molar-refractivity contribution < 1.29 is 13.2 Å². The number of carbonyl (C=O) groups is 1. The van der Waals surface area contributed by atoms with E-state index >= 15 is 0 Å². The number of carbonyl (C=O) groups excluding carboxylic acids is 1. The second kappa shape index (κ2) is 10.0. The molecule has 0 saturated heterocycles. The molecule has 1 aromatic heterocycles. The molecule has 3 aromatic carbocycles. The Hall–Kier alpha value is -3.38. The minimum Gasteiger partial charge on any atom is -0.337 e. The van der Waals surface area contributed by atoms with Crippen LogP contribution in [0.4, 0.5) is 5.69 Å². The molecule has 0 bridgehead atoms. The summed E-state index contributed by atoms with van der Waals surface area (Å²) in [6.45, 7) is 2.79. The predicted molar refractivity (Wildman–Crippen MR) is 133 cm³/mol. The first kappa shape index (κ1) is 22.8. The molecule has 0 unspecified atom stereocenters. The number of hydrogen-bond donors (Lipinski definition) is 0. The number of sulfone groups is 1. The number of aromatic nitrogens is 1. The molecular formula is C27H28N2O3S. The Labute approximate surface area is 195 Å². The lowest BCUT2D eigenvalue weighted by Crippen LogP contribution is -2.34. The van der Waals surface area contributed by atoms with Crippen LogP contribution in [0.3, 0.4) is 0 Å². The summed E-state index contributed by atoms with van der Waals surface area (Å²) in [5, 5.41) is 0.640. The number of amides is 1. The third-order valence-corrected chi connectivity index (χ3v) is 7.41. The van der Waals surface area contributed by atoms with Gasteiger partial charge in [-0.2, -0.15) is 0 Å². The Morgan fingerprint density at radius 1 is 0.879 bits per heavy atom. The van der Waals surface area contributed by atoms with Gasteiger partial charge in [0.15, 0.2) is 9.84 Å². The molecule has 0 aliphatic carbocycles. The van der Waals surface area contributed by atoms with E-state index in [0.717, 1.165) is 29.6 Å². The Bertz CT molecular complexity index is 1330. The highest BCUT2D eigenvalue weighted by Gasteiger charge is 2.23. The highest BCUT2D eigenvalue weighted by atomic mass is 32.2. The average Bonchev–Trinajstić information content (AvgIpc) is 3.20. The van der Waals surface area contributed by atoms with E-state index in [2.05, 4.69) is 6.92 Å². The molecule has 1 heterocycles. The molecule has 0 radical (unpaired) electrons. The molecule has 33 heavy (non-hydrogen) atoms. The van der Waals surface area contributed by atoms with E-state index in [-0.39, 0.29) is 23.1 Å². The Morgan fingerprint density at radius 2 is 1.52 bits per heavy atom. The van der Waals surface area contributed by atoms with Gasteiger partial charge in [0.25, 0.3) is 0 Å². The first-order chi connectivity index (χ1) is 16.0. The van der Waals surface area contributed by atoms with Crippen molar-refractivity contribution in [2.75, 3.05) is 11.4 Å². The molecule has 4 rings (SSSR count). The topological polar surface area (TPSA) is 59.4 Å². The van der Waals surface area contributed by atoms with Crippen molar-refractivity contribution in [2.24, 2.45) is 0 Å². The van der Waals surface area contributed by atoms with Gasteiger partial charge >= 0.3 is 0 Å². The SMILES string of the molecule is CCCCN(C(=O)Cn1cc(S(=O)(=O)Cc2ccccc2)c2ccccc21)c1ccccc1. The number of anilines is 1. The van der Waals surface area contributed by atoms with E-state index in [1.54, 1.807) is 21.7 Å². The van der Waals surface area contributed by atoms with Gasteiger partial charge in [0.2, 0.25) is 5.91 Å². The molecule has 0 atom stereocenters. The zero-order chi connectivity index (χ0) is 23.3. The number of benzene rings is 3. The van der Waals surface area contributed by atoms with Crippen molar-refractivity contribution >= 4 is 32.3 Å². The Balaban J connectivity index is 1.68. The van der Waals surface area contributed by atoms with Crippen LogP contribution in [0.25, 0.3) is 10.9 Å². The maximum atomic E-state index is 13.4. The molecule has 0 aliphatic heterocycles. The number of para-hydroxylation sites is 2. The summed E-state index contributed by atoms with van der Waals surface area (Å²) in [5.41, 5.74) is 2.32. The molecule has 5 nitrogen and oxygen atoms in total. The zero-order valence-corrected chi connectivity index (χ0v) is 19.5. The standard InChI is InChI=1S/C27H28N2O3S/c1-2-3-18-29(23-14-8-5-9-15-23)27(30)20-28-19-26(24-16-10-11-17-25(24)28)33(31,32)21-22-12-6-4-7-13-22/h4-17,19H,2-3,18,20-21H2,1H3. The summed E-state index contributed by atoms with van der Waals surface area (Å²) in [7, 11) is -3.59. The van der Waals surface area contributed by atoms with Crippen molar-refractivity contribution in [1.82, 2.24) is 4.57 Å². The Kier molecular flexibility index (Phi) is 6.94. The largest absolute Gasteiger partial charge is 0.337 e. The van der Waals surface area contributed by atoms with Crippen LogP contribution in [0.5, 0.6) is 0 Å². The maximum absolute atomic E-state index is 13.4. The number of rotatable bonds is 9. The monoisotopic (exact) mass is 460 g/mol. The molecule has 0 spiro atoms. The second-order valence-electron chi connectivity index (χ2n) is 8.12. The first-order valence-electron chi connectivity index (χ1n) is 11.2. The van der Waals surface area contributed by atoms with Crippen LogP contribution in [0.1, 0.15) is 25.3 Å². The number of hydrogen-bond acceptors (Lipinski definition) is 3. The normalized spacial score (nSPS) is 11.5. The molecule has 170 valence electrons. The van der Waals surface area contributed by atoms with Crippen molar-refractivity contribution in [2.45, 2.75) is 37.0 Å². The Morgan fingerprint density at radius 3 is 2.21 bits per heavy atom. The van der Waals surface area contributed by atoms with Crippen LogP contribution in [-0.4, -0.2) is 25.4 Å². The highest BCUT2D eigenvalue weighted by Crippen LogP contribution is 2.28. The van der Waals surface area contributed by atoms with E-state index in [4.69, 9.17) is 0 Å². The van der Waals surface area contributed by atoms with Gasteiger partial charge in [-0.1, -0.05) is 80.1 Å². The van der Waals surface area contributed by atoms with E-state index in [0.29, 0.717) is 11.9 Å². The van der Waals surface area contributed by atoms with Gasteiger partial charge in [0, 0.05) is 29.3 Å². The van der Waals surface area contributed by atoms with Gasteiger partial charge in [-0.15, -0.1) is 0 Å². The van der Waals surface area contributed by atoms with E-state index in [1.807, 2.05) is 78.9 Å². The molecule has 6 heteroatoms. The van der Waals surface area contributed by atoms with Crippen LogP contribution < -0.4 is 4.90 Å². The van der Waals surface area contributed by atoms with Crippen molar-refractivity contribution in [3.63, 3.8) is 0 Å². The smallest absolute Gasteiger partial charge is 0.246 e. The summed E-state index contributed by atoms with van der Waals surface area (Å²) in [6, 6.07) is 26.1. The quantitative estimate of drug-likeness (QED) is 0.334. The predicted octanol–water partition coefficient (Wildman–Crippen LogP) is 5.45. The van der Waals surface area contributed by atoms with Crippen molar-refractivity contribution in [1.29, 1.82) is 0 Å². The van der Waals surface area contributed by atoms with Gasteiger partial charge in [0.05, 0.1) is 10.6 Å². The minimum absolute atomic E-state index is 0.0672. The summed E-state index contributed by atoms with van der Waals surface area (Å²) >= 11 is 0. The van der Waals surface area contributed by atoms with E-state index in [9.17, 15) is 13.2 Å². The maximum Gasteiger partial charge on any atom is 0.246 e. The molecule has 1 amide bonds. The average molecular weight is 461 g/mol. The van der Waals surface area contributed by atoms with Crippen LogP contribution in [0.2, 0.25) is 0 Å². The number of nitrogens with zero attached hydrogens (tertiary/aromatic N) is 2. The van der Waals surface area contributed by atoms with Crippen LogP contribution in [0.15, 0.2) is 96.0 Å². The number of fused-ring (bicyclic) bond motifs is 1. The third-order valence-electron chi connectivity index (χ3n) is 5.70. The fourth-order valence-corrected chi connectivity index (χ4v) is 5.60. The van der Waals surface area contributed by atoms with Crippen LogP contribution in [-0.2, 0) is 26.9 Å². The summed E-state index contributed by atoms with van der Waals surface area (Å²) in [6.07, 6.45) is 3.48. The molecule has 0 fully saturated rings. The second-order valence-corrected chi connectivity index (χ2v) is 10.1. The van der Waals surface area contributed by atoms with Crippen molar-refractivity contribution in [3.05, 3.63) is 96.7 Å². The highest BCUT2D eigenvalue weighted by molar-refractivity contribution is 7.90. The number of unbranched alkanes of at least 4 members (excludes halogenated alkanes) is 1. The zero-order valence-electron chi connectivity index (χ0n) is 18.7. The molecule has 4 aromatic rings. The van der Waals surface area contributed by atoms with Gasteiger partial charge in [-0.3, -0.25) is 4.79 Å². The lowest BCUT2D eigenvalue weighted by Gasteiger charge is -2.23. The summed E-state index contributed by atoms with van der Waals surface area (Å²) in [5.74, 6) is -0.148. The lowest BCUT2D eigenvalue weighted by atomic mass is 10.2. The molecule has 0 N–H and O–H groups in total. The van der Waals surface area contributed by atoms with Gasteiger partial charge in [-0.05, 0) is 30.2 Å². The van der Waals surface area contributed by atoms with Crippen LogP contribution in [0, 0.1) is 0 Å². The van der Waals surface area contributed by atoms with Gasteiger partial charge in [0.1, 0.15) is 6.54 Å². The molecule has 0 aliphatic rings. The first-order valence-corrected chi connectivity index (χ1v) is 12.8. The fraction of sp³-hybridized carbons (Fsp3) is 0.222. The van der Waals surface area contributed by atoms with E-state index in [1.165, 1.54) is 0 Å². The third kappa shape index (κ3) is 5.17. The van der Waals surface area contributed by atoms with Gasteiger partial charge < -0.3 is 9.47 Å². The van der Waals surface area contributed by atoms with Crippen LogP contribution >= 0.6 is 0 Å². The molecular weight excluding hydrogens is 432 g/mol. The molecule has 0 saturated carbocycles. The van der Waals surface area contributed by atoms with E-state index < -0.39 is 9.84 Å². The lowest BCUT2D eigenvalue weighted by molar-refractivity contribution is -0.119. The van der Waals surface area contributed by atoms with Gasteiger partial charge in [-0.25, -0.2) is 8.42 Å². The minimum atomic E-state index is -3.59. The summed E-state index contributed by atoms with van der Waals surface area (Å²) in [4.78, 5) is 15.4. The van der Waals surface area contributed by atoms with Crippen molar-refractivity contribution in [3.8, 4) is 0 Å².